The highest BCUT2D eigenvalue weighted by Gasteiger charge is 2.45. The van der Waals surface area contributed by atoms with Crippen LogP contribution < -0.4 is 5.73 Å². The summed E-state index contributed by atoms with van der Waals surface area (Å²) in [7, 11) is 0. The largest absolute Gasteiger partial charge is 0.392 e. The Morgan fingerprint density at radius 2 is 2.00 bits per heavy atom. The van der Waals surface area contributed by atoms with E-state index in [0.717, 1.165) is 45.2 Å². The van der Waals surface area contributed by atoms with Crippen LogP contribution in [0.4, 0.5) is 0 Å². The minimum atomic E-state index is -0.516. The van der Waals surface area contributed by atoms with Gasteiger partial charge in [-0.25, -0.2) is 0 Å². The van der Waals surface area contributed by atoms with E-state index >= 15 is 0 Å². The molecule has 0 spiro atoms. The Balaban J connectivity index is 2.15. The van der Waals surface area contributed by atoms with E-state index in [0.29, 0.717) is 10.9 Å². The van der Waals surface area contributed by atoms with Crippen molar-refractivity contribution >= 4 is 23.1 Å². The topological polar surface area (TPSA) is 46.3 Å². The Bertz CT molecular complexity index is 323. The Morgan fingerprint density at radius 3 is 2.47 bits per heavy atom. The first kappa shape index (κ1) is 12.8. The molecule has 0 radical (unpaired) electrons. The fourth-order valence-electron chi connectivity index (χ4n) is 3.14. The lowest BCUT2D eigenvalue weighted by Crippen LogP contribution is -2.51. The molecule has 1 amide bonds. The fraction of sp³-hybridized carbons (Fsp3) is 0.846. The number of hydrogen-bond donors (Lipinski definition) is 1. The molecule has 1 saturated carbocycles. The normalized spacial score (nSPS) is 28.1. The van der Waals surface area contributed by atoms with Crippen LogP contribution in [0.2, 0.25) is 0 Å². The highest BCUT2D eigenvalue weighted by Crippen LogP contribution is 2.39. The van der Waals surface area contributed by atoms with E-state index in [1.165, 1.54) is 6.42 Å². The van der Waals surface area contributed by atoms with Crippen molar-refractivity contribution in [2.45, 2.75) is 45.4 Å². The molecule has 2 N–H and O–H groups in total. The third-order valence-corrected chi connectivity index (χ3v) is 4.69. The highest BCUT2D eigenvalue weighted by molar-refractivity contribution is 7.80. The number of carbonyl (C=O) groups is 1. The van der Waals surface area contributed by atoms with E-state index in [1.807, 2.05) is 4.90 Å². The van der Waals surface area contributed by atoms with Gasteiger partial charge in [0.2, 0.25) is 5.91 Å². The summed E-state index contributed by atoms with van der Waals surface area (Å²) in [4.78, 5) is 15.1. The van der Waals surface area contributed by atoms with Crippen LogP contribution in [-0.4, -0.2) is 28.9 Å². The third kappa shape index (κ3) is 2.32. The summed E-state index contributed by atoms with van der Waals surface area (Å²) >= 11 is 5.20. The number of thiocarbonyl (C=S) groups is 1. The molecule has 17 heavy (non-hydrogen) atoms. The molecule has 2 fully saturated rings. The lowest BCUT2D eigenvalue weighted by molar-refractivity contribution is -0.138. The average Bonchev–Trinajstić information content (AvgIpc) is 2.75. The van der Waals surface area contributed by atoms with Crippen molar-refractivity contribution < 1.29 is 4.79 Å². The molecular formula is C13H22N2OS. The predicted octanol–water partition coefficient (Wildman–Crippen LogP) is 2.09. The van der Waals surface area contributed by atoms with Gasteiger partial charge in [-0.1, -0.05) is 38.4 Å². The second-order valence-electron chi connectivity index (χ2n) is 5.65. The predicted molar refractivity (Wildman–Crippen MR) is 72.7 cm³/mol. The molecule has 0 bridgehead atoms. The summed E-state index contributed by atoms with van der Waals surface area (Å²) < 4.78 is 0. The van der Waals surface area contributed by atoms with Crippen LogP contribution in [0, 0.1) is 11.3 Å². The maximum atomic E-state index is 12.7. The molecule has 1 heterocycles. The van der Waals surface area contributed by atoms with E-state index < -0.39 is 5.41 Å². The van der Waals surface area contributed by atoms with Gasteiger partial charge in [0.1, 0.15) is 0 Å². The first-order chi connectivity index (χ1) is 8.06. The Hall–Kier alpha value is -0.640. The van der Waals surface area contributed by atoms with Gasteiger partial charge in [-0.2, -0.15) is 0 Å². The number of likely N-dealkylation sites (tertiary alicyclic amines) is 1. The quantitative estimate of drug-likeness (QED) is 0.768. The molecule has 96 valence electrons. The SMILES string of the molecule is CC1CCN(C(=O)C2(C(N)=S)CCCCC2)C1. The summed E-state index contributed by atoms with van der Waals surface area (Å²) in [5.41, 5.74) is 5.37. The van der Waals surface area contributed by atoms with Gasteiger partial charge in [-0.15, -0.1) is 0 Å². The first-order valence-electron chi connectivity index (χ1n) is 6.65. The van der Waals surface area contributed by atoms with Gasteiger partial charge >= 0.3 is 0 Å². The molecule has 3 nitrogen and oxygen atoms in total. The van der Waals surface area contributed by atoms with Crippen molar-refractivity contribution in [3.63, 3.8) is 0 Å². The minimum Gasteiger partial charge on any atom is -0.392 e. The second-order valence-corrected chi connectivity index (χ2v) is 6.09. The number of nitrogens with two attached hydrogens (primary N) is 1. The summed E-state index contributed by atoms with van der Waals surface area (Å²) in [5.74, 6) is 0.819. The minimum absolute atomic E-state index is 0.203. The molecule has 1 atom stereocenters. The van der Waals surface area contributed by atoms with Gasteiger partial charge in [0.05, 0.1) is 10.4 Å². The molecule has 1 aliphatic heterocycles. The van der Waals surface area contributed by atoms with E-state index in [4.69, 9.17) is 18.0 Å². The molecule has 0 aromatic heterocycles. The summed E-state index contributed by atoms with van der Waals surface area (Å²) in [6, 6.07) is 0. The van der Waals surface area contributed by atoms with Crippen molar-refractivity contribution in [2.75, 3.05) is 13.1 Å². The summed E-state index contributed by atoms with van der Waals surface area (Å²) in [6.45, 7) is 3.95. The Morgan fingerprint density at radius 1 is 1.35 bits per heavy atom. The average molecular weight is 254 g/mol. The number of hydrogen-bond acceptors (Lipinski definition) is 2. The maximum Gasteiger partial charge on any atom is 0.235 e. The van der Waals surface area contributed by atoms with Crippen molar-refractivity contribution in [3.8, 4) is 0 Å². The Kier molecular flexibility index (Phi) is 3.71. The molecular weight excluding hydrogens is 232 g/mol. The molecule has 0 aromatic carbocycles. The van der Waals surface area contributed by atoms with Crippen LogP contribution in [0.5, 0.6) is 0 Å². The smallest absolute Gasteiger partial charge is 0.235 e. The van der Waals surface area contributed by atoms with Crippen LogP contribution in [0.3, 0.4) is 0 Å². The fourth-order valence-corrected chi connectivity index (χ4v) is 3.43. The first-order valence-corrected chi connectivity index (χ1v) is 7.06. The zero-order valence-electron chi connectivity index (χ0n) is 10.6. The van der Waals surface area contributed by atoms with Gasteiger partial charge < -0.3 is 10.6 Å². The lowest BCUT2D eigenvalue weighted by atomic mass is 9.73. The van der Waals surface area contributed by atoms with Crippen molar-refractivity contribution in [2.24, 2.45) is 17.1 Å². The van der Waals surface area contributed by atoms with Crippen LogP contribution in [0.1, 0.15) is 45.4 Å². The molecule has 0 aromatic rings. The zero-order valence-corrected chi connectivity index (χ0v) is 11.4. The Labute approximate surface area is 109 Å². The summed E-state index contributed by atoms with van der Waals surface area (Å²) in [5, 5.41) is 0. The lowest BCUT2D eigenvalue weighted by Gasteiger charge is -2.37. The second kappa shape index (κ2) is 4.92. The third-order valence-electron chi connectivity index (χ3n) is 4.30. The monoisotopic (exact) mass is 254 g/mol. The van der Waals surface area contributed by atoms with Gasteiger partial charge in [-0.05, 0) is 25.2 Å². The van der Waals surface area contributed by atoms with Crippen LogP contribution in [-0.2, 0) is 4.79 Å². The molecule has 2 aliphatic rings. The van der Waals surface area contributed by atoms with Gasteiger partial charge in [0, 0.05) is 13.1 Å². The van der Waals surface area contributed by atoms with E-state index in [9.17, 15) is 4.79 Å². The van der Waals surface area contributed by atoms with Crippen LogP contribution in [0.15, 0.2) is 0 Å². The number of rotatable bonds is 2. The number of carbonyl (C=O) groups excluding carboxylic acids is 1. The van der Waals surface area contributed by atoms with Crippen molar-refractivity contribution in [3.05, 3.63) is 0 Å². The van der Waals surface area contributed by atoms with E-state index in [1.54, 1.807) is 0 Å². The van der Waals surface area contributed by atoms with E-state index in [2.05, 4.69) is 6.92 Å². The zero-order chi connectivity index (χ0) is 12.5. The van der Waals surface area contributed by atoms with Crippen LogP contribution in [0.25, 0.3) is 0 Å². The van der Waals surface area contributed by atoms with Gasteiger partial charge in [-0.3, -0.25) is 4.79 Å². The van der Waals surface area contributed by atoms with Crippen LogP contribution >= 0.6 is 12.2 Å². The highest BCUT2D eigenvalue weighted by atomic mass is 32.1. The van der Waals surface area contributed by atoms with E-state index in [-0.39, 0.29) is 5.91 Å². The standard InChI is InChI=1S/C13H22N2OS/c1-10-5-8-15(9-10)12(16)13(11(14)17)6-3-2-4-7-13/h10H,2-9H2,1H3,(H2,14,17). The molecule has 1 unspecified atom stereocenters. The maximum absolute atomic E-state index is 12.7. The summed E-state index contributed by atoms with van der Waals surface area (Å²) in [6.07, 6.45) is 6.17. The molecule has 4 heteroatoms. The number of nitrogens with zero attached hydrogens (tertiary/aromatic N) is 1. The number of amides is 1. The van der Waals surface area contributed by atoms with Gasteiger partial charge in [0.25, 0.3) is 0 Å². The van der Waals surface area contributed by atoms with Crippen molar-refractivity contribution in [1.82, 2.24) is 4.90 Å². The van der Waals surface area contributed by atoms with Gasteiger partial charge in [0.15, 0.2) is 0 Å². The molecule has 1 aliphatic carbocycles. The molecule has 2 rings (SSSR count). The molecule has 1 saturated heterocycles. The van der Waals surface area contributed by atoms with Crippen molar-refractivity contribution in [1.29, 1.82) is 0 Å².